The van der Waals surface area contributed by atoms with E-state index in [-0.39, 0.29) is 11.9 Å². The van der Waals surface area contributed by atoms with Crippen molar-refractivity contribution in [1.29, 1.82) is 0 Å². The molecule has 30 heavy (non-hydrogen) atoms. The van der Waals surface area contributed by atoms with Gasteiger partial charge < -0.3 is 19.8 Å². The molecule has 0 radical (unpaired) electrons. The quantitative estimate of drug-likeness (QED) is 0.598. The number of hydrogen-bond donors (Lipinski definition) is 2. The molecule has 1 aliphatic rings. The molecule has 4 rings (SSSR count). The van der Waals surface area contributed by atoms with E-state index in [2.05, 4.69) is 27.3 Å². The Morgan fingerprint density at radius 3 is 2.90 bits per heavy atom. The van der Waals surface area contributed by atoms with E-state index in [9.17, 15) is 4.79 Å². The fourth-order valence-corrected chi connectivity index (χ4v) is 4.38. The van der Waals surface area contributed by atoms with Crippen molar-refractivity contribution in [3.8, 4) is 11.5 Å². The molecule has 0 bridgehead atoms. The molecule has 6 heteroatoms. The van der Waals surface area contributed by atoms with E-state index in [1.54, 1.807) is 14.2 Å². The fourth-order valence-electron chi connectivity index (χ4n) is 4.38. The van der Waals surface area contributed by atoms with Gasteiger partial charge in [0.15, 0.2) is 0 Å². The van der Waals surface area contributed by atoms with Gasteiger partial charge in [-0.25, -0.2) is 0 Å². The Labute approximate surface area is 177 Å². The summed E-state index contributed by atoms with van der Waals surface area (Å²) in [6.45, 7) is 1.92. The van der Waals surface area contributed by atoms with Crippen molar-refractivity contribution < 1.29 is 14.3 Å². The van der Waals surface area contributed by atoms with Crippen molar-refractivity contribution in [1.82, 2.24) is 15.2 Å². The number of nitrogens with zero attached hydrogens (tertiary/aromatic N) is 1. The minimum Gasteiger partial charge on any atom is -0.497 e. The molecule has 3 aromatic rings. The van der Waals surface area contributed by atoms with E-state index in [0.29, 0.717) is 13.1 Å². The number of H-pyrrole nitrogens is 1. The van der Waals surface area contributed by atoms with Crippen LogP contribution in [0.15, 0.2) is 48.7 Å². The smallest absolute Gasteiger partial charge is 0.234 e. The molecule has 1 unspecified atom stereocenters. The van der Waals surface area contributed by atoms with Crippen molar-refractivity contribution in [3.05, 3.63) is 59.8 Å². The third-order valence-electron chi connectivity index (χ3n) is 5.90. The standard InChI is InChI=1S/C24H29N3O3/c1-29-18-9-10-23(30-2)20(14-18)22-8-5-13-27(22)16-24(28)25-12-11-17-15-26-21-7-4-3-6-19(17)21/h3-4,6-7,9-10,14-15,22,26H,5,8,11-13,16H2,1-2H3,(H,25,28). The molecule has 1 aromatic heterocycles. The highest BCUT2D eigenvalue weighted by Crippen LogP contribution is 2.38. The second kappa shape index (κ2) is 9.22. The highest BCUT2D eigenvalue weighted by molar-refractivity contribution is 5.83. The van der Waals surface area contributed by atoms with Crippen LogP contribution in [0.2, 0.25) is 0 Å². The summed E-state index contributed by atoms with van der Waals surface area (Å²) in [7, 11) is 3.35. The van der Waals surface area contributed by atoms with Gasteiger partial charge in [-0.1, -0.05) is 18.2 Å². The topological polar surface area (TPSA) is 66.6 Å². The number of rotatable bonds is 8. The summed E-state index contributed by atoms with van der Waals surface area (Å²) in [4.78, 5) is 18.1. The number of para-hydroxylation sites is 1. The van der Waals surface area contributed by atoms with Crippen molar-refractivity contribution in [2.45, 2.75) is 25.3 Å². The molecule has 1 amide bonds. The van der Waals surface area contributed by atoms with Crippen LogP contribution < -0.4 is 14.8 Å². The zero-order valence-corrected chi connectivity index (χ0v) is 17.6. The predicted octanol–water partition coefficient (Wildman–Crippen LogP) is 3.68. The molecule has 6 nitrogen and oxygen atoms in total. The van der Waals surface area contributed by atoms with Crippen molar-refractivity contribution in [3.63, 3.8) is 0 Å². The first kappa shape index (κ1) is 20.3. The zero-order chi connectivity index (χ0) is 20.9. The number of amides is 1. The third-order valence-corrected chi connectivity index (χ3v) is 5.90. The minimum atomic E-state index is 0.0589. The van der Waals surface area contributed by atoms with E-state index < -0.39 is 0 Å². The first-order chi connectivity index (χ1) is 14.7. The molecule has 0 saturated carbocycles. The number of aromatic nitrogens is 1. The monoisotopic (exact) mass is 407 g/mol. The number of aromatic amines is 1. The first-order valence-electron chi connectivity index (χ1n) is 10.5. The van der Waals surface area contributed by atoms with E-state index in [4.69, 9.17) is 9.47 Å². The van der Waals surface area contributed by atoms with Gasteiger partial charge in [-0.15, -0.1) is 0 Å². The summed E-state index contributed by atoms with van der Waals surface area (Å²) in [6.07, 6.45) is 4.91. The molecule has 2 heterocycles. The average molecular weight is 408 g/mol. The van der Waals surface area contributed by atoms with Crippen LogP contribution in [0.25, 0.3) is 10.9 Å². The summed E-state index contributed by atoms with van der Waals surface area (Å²) in [6, 6.07) is 14.3. The van der Waals surface area contributed by atoms with E-state index in [0.717, 1.165) is 48.4 Å². The Morgan fingerprint density at radius 2 is 2.07 bits per heavy atom. The molecular formula is C24H29N3O3. The lowest BCUT2D eigenvalue weighted by atomic mass is 10.0. The molecule has 1 aliphatic heterocycles. The number of likely N-dealkylation sites (tertiary alicyclic amines) is 1. The van der Waals surface area contributed by atoms with Gasteiger partial charge in [0.2, 0.25) is 5.91 Å². The number of ether oxygens (including phenoxy) is 2. The number of methoxy groups -OCH3 is 2. The van der Waals surface area contributed by atoms with Crippen LogP contribution >= 0.6 is 0 Å². The molecule has 0 aliphatic carbocycles. The lowest BCUT2D eigenvalue weighted by molar-refractivity contribution is -0.122. The van der Waals surface area contributed by atoms with Gasteiger partial charge in [0.05, 0.1) is 20.8 Å². The Morgan fingerprint density at radius 1 is 1.20 bits per heavy atom. The van der Waals surface area contributed by atoms with E-state index >= 15 is 0 Å². The highest BCUT2D eigenvalue weighted by atomic mass is 16.5. The lowest BCUT2D eigenvalue weighted by Gasteiger charge is -2.26. The van der Waals surface area contributed by atoms with Gasteiger partial charge in [-0.3, -0.25) is 9.69 Å². The van der Waals surface area contributed by atoms with Crippen molar-refractivity contribution in [2.75, 3.05) is 33.9 Å². The highest BCUT2D eigenvalue weighted by Gasteiger charge is 2.30. The van der Waals surface area contributed by atoms with Gasteiger partial charge in [0, 0.05) is 35.2 Å². The van der Waals surface area contributed by atoms with E-state index in [1.165, 1.54) is 10.9 Å². The number of carbonyl (C=O) groups is 1. The maximum Gasteiger partial charge on any atom is 0.234 e. The molecule has 2 N–H and O–H groups in total. The normalized spacial score (nSPS) is 16.7. The second-order valence-corrected chi connectivity index (χ2v) is 7.70. The Hall–Kier alpha value is -2.99. The Bertz CT molecular complexity index is 1010. The third kappa shape index (κ3) is 4.28. The number of nitrogens with one attached hydrogen (secondary N) is 2. The second-order valence-electron chi connectivity index (χ2n) is 7.70. The lowest BCUT2D eigenvalue weighted by Crippen LogP contribution is -2.37. The number of fused-ring (bicyclic) bond motifs is 1. The van der Waals surface area contributed by atoms with Crippen LogP contribution in [0.3, 0.4) is 0 Å². The van der Waals surface area contributed by atoms with Crippen LogP contribution in [0.4, 0.5) is 0 Å². The maximum absolute atomic E-state index is 12.6. The summed E-state index contributed by atoms with van der Waals surface area (Å²) < 4.78 is 11.0. The zero-order valence-electron chi connectivity index (χ0n) is 17.6. The van der Waals surface area contributed by atoms with Crippen LogP contribution in [0, 0.1) is 0 Å². The number of carbonyl (C=O) groups excluding carboxylic acids is 1. The maximum atomic E-state index is 12.6. The average Bonchev–Trinajstić information content (AvgIpc) is 3.40. The molecule has 158 valence electrons. The van der Waals surface area contributed by atoms with Gasteiger partial charge >= 0.3 is 0 Å². The molecule has 0 spiro atoms. The van der Waals surface area contributed by atoms with Crippen LogP contribution in [-0.2, 0) is 11.2 Å². The number of hydrogen-bond acceptors (Lipinski definition) is 4. The summed E-state index contributed by atoms with van der Waals surface area (Å²) in [5.41, 5.74) is 3.44. The predicted molar refractivity (Wildman–Crippen MR) is 118 cm³/mol. The van der Waals surface area contributed by atoms with Gasteiger partial charge in [0.25, 0.3) is 0 Å². The Kier molecular flexibility index (Phi) is 6.23. The minimum absolute atomic E-state index is 0.0589. The fraction of sp³-hybridized carbons (Fsp3) is 0.375. The Balaban J connectivity index is 1.36. The molecule has 1 saturated heterocycles. The molecule has 1 fully saturated rings. The van der Waals surface area contributed by atoms with E-state index in [1.807, 2.05) is 36.5 Å². The van der Waals surface area contributed by atoms with Gasteiger partial charge in [0.1, 0.15) is 11.5 Å². The molecular weight excluding hydrogens is 378 g/mol. The molecule has 2 aromatic carbocycles. The van der Waals surface area contributed by atoms with Crippen LogP contribution in [0.5, 0.6) is 11.5 Å². The first-order valence-corrected chi connectivity index (χ1v) is 10.5. The van der Waals surface area contributed by atoms with Crippen molar-refractivity contribution in [2.24, 2.45) is 0 Å². The largest absolute Gasteiger partial charge is 0.497 e. The SMILES string of the molecule is COc1ccc(OC)c(C2CCCN2CC(=O)NCCc2c[nH]c3ccccc23)c1. The van der Waals surface area contributed by atoms with Gasteiger partial charge in [-0.2, -0.15) is 0 Å². The summed E-state index contributed by atoms with van der Waals surface area (Å²) in [5, 5.41) is 4.30. The van der Waals surface area contributed by atoms with Gasteiger partial charge in [-0.05, 0) is 55.6 Å². The number of benzene rings is 2. The van der Waals surface area contributed by atoms with Crippen LogP contribution in [-0.4, -0.2) is 49.6 Å². The summed E-state index contributed by atoms with van der Waals surface area (Å²) >= 11 is 0. The molecule has 1 atom stereocenters. The van der Waals surface area contributed by atoms with Crippen molar-refractivity contribution >= 4 is 16.8 Å². The summed E-state index contributed by atoms with van der Waals surface area (Å²) in [5.74, 6) is 1.71. The van der Waals surface area contributed by atoms with Crippen LogP contribution in [0.1, 0.15) is 30.0 Å².